The number of hydrogen-bond acceptors (Lipinski definition) is 5. The Hall–Kier alpha value is -1.85. The second kappa shape index (κ2) is 5.26. The van der Waals surface area contributed by atoms with Crippen LogP contribution in [0.3, 0.4) is 0 Å². The molecule has 0 saturated heterocycles. The zero-order chi connectivity index (χ0) is 14.9. The molecule has 1 aromatic heterocycles. The lowest BCUT2D eigenvalue weighted by molar-refractivity contribution is -0.128. The molecule has 0 bridgehead atoms. The first kappa shape index (κ1) is 14.6. The van der Waals surface area contributed by atoms with Crippen molar-refractivity contribution in [2.75, 3.05) is 24.6 Å². The number of amides is 1. The van der Waals surface area contributed by atoms with E-state index < -0.39 is 5.41 Å². The summed E-state index contributed by atoms with van der Waals surface area (Å²) in [6.45, 7) is 6.16. The van der Waals surface area contributed by atoms with Crippen LogP contribution in [0.1, 0.15) is 44.0 Å². The Bertz CT molecular complexity index is 523. The van der Waals surface area contributed by atoms with E-state index in [1.807, 2.05) is 20.8 Å². The van der Waals surface area contributed by atoms with Crippen molar-refractivity contribution in [2.45, 2.75) is 39.5 Å². The molecule has 4 N–H and O–H groups in total. The highest BCUT2D eigenvalue weighted by Crippen LogP contribution is 2.39. The van der Waals surface area contributed by atoms with Gasteiger partial charge in [-0.2, -0.15) is 0 Å². The lowest BCUT2D eigenvalue weighted by Gasteiger charge is -2.24. The quantitative estimate of drug-likeness (QED) is 0.757. The minimum absolute atomic E-state index is 0.00732. The van der Waals surface area contributed by atoms with Crippen molar-refractivity contribution in [1.29, 1.82) is 0 Å². The summed E-state index contributed by atoms with van der Waals surface area (Å²) < 4.78 is 0. The molecule has 1 aliphatic rings. The highest BCUT2D eigenvalue weighted by atomic mass is 16.2. The second-order valence-corrected chi connectivity index (χ2v) is 6.03. The third-order valence-corrected chi connectivity index (χ3v) is 3.68. The summed E-state index contributed by atoms with van der Waals surface area (Å²) in [5.74, 6) is 2.50. The largest absolute Gasteiger partial charge is 0.383 e. The maximum atomic E-state index is 11.8. The molecule has 0 spiro atoms. The van der Waals surface area contributed by atoms with Crippen molar-refractivity contribution in [3.8, 4) is 0 Å². The van der Waals surface area contributed by atoms with E-state index in [9.17, 15) is 4.79 Å². The minimum atomic E-state index is -0.513. The highest BCUT2D eigenvalue weighted by Gasteiger charge is 2.29. The normalized spacial score (nSPS) is 15.0. The van der Waals surface area contributed by atoms with Gasteiger partial charge in [0.15, 0.2) is 0 Å². The molecule has 0 aliphatic heterocycles. The molecule has 6 nitrogen and oxygen atoms in total. The summed E-state index contributed by atoms with van der Waals surface area (Å²) >= 11 is 0. The number of nitrogens with two attached hydrogens (primary N) is 1. The van der Waals surface area contributed by atoms with Crippen LogP contribution in [0.15, 0.2) is 0 Å². The number of anilines is 2. The maximum absolute atomic E-state index is 11.8. The Morgan fingerprint density at radius 3 is 2.60 bits per heavy atom. The first-order chi connectivity index (χ1) is 9.35. The minimum Gasteiger partial charge on any atom is -0.383 e. The van der Waals surface area contributed by atoms with E-state index in [1.165, 1.54) is 0 Å². The molecule has 1 aromatic rings. The van der Waals surface area contributed by atoms with Crippen LogP contribution in [0.4, 0.5) is 11.6 Å². The van der Waals surface area contributed by atoms with Crippen LogP contribution in [0.5, 0.6) is 0 Å². The Morgan fingerprint density at radius 2 is 2.05 bits per heavy atom. The van der Waals surface area contributed by atoms with Crippen LogP contribution in [0, 0.1) is 12.3 Å². The van der Waals surface area contributed by atoms with E-state index in [4.69, 9.17) is 5.73 Å². The predicted molar refractivity (Wildman–Crippen MR) is 79.5 cm³/mol. The molecule has 1 aliphatic carbocycles. The summed E-state index contributed by atoms with van der Waals surface area (Å²) in [5.41, 5.74) is 6.26. The Balaban J connectivity index is 2.14. The topological polar surface area (TPSA) is 92.9 Å². The van der Waals surface area contributed by atoms with Gasteiger partial charge in [-0.15, -0.1) is 0 Å². The van der Waals surface area contributed by atoms with Crippen LogP contribution in [0.25, 0.3) is 0 Å². The smallest absolute Gasteiger partial charge is 0.227 e. The van der Waals surface area contributed by atoms with E-state index in [0.29, 0.717) is 18.3 Å². The van der Waals surface area contributed by atoms with Gasteiger partial charge in [0.25, 0.3) is 0 Å². The number of hydrogen-bond donors (Lipinski definition) is 3. The van der Waals surface area contributed by atoms with Crippen LogP contribution in [0.2, 0.25) is 0 Å². The first-order valence-electron chi connectivity index (χ1n) is 6.95. The molecule has 1 fully saturated rings. The van der Waals surface area contributed by atoms with Crippen LogP contribution in [-0.2, 0) is 4.79 Å². The average Bonchev–Trinajstić information content (AvgIpc) is 3.23. The summed E-state index contributed by atoms with van der Waals surface area (Å²) in [7, 11) is 1.64. The monoisotopic (exact) mass is 277 g/mol. The van der Waals surface area contributed by atoms with E-state index in [2.05, 4.69) is 20.6 Å². The maximum Gasteiger partial charge on any atom is 0.227 e. The van der Waals surface area contributed by atoms with Gasteiger partial charge in [0, 0.05) is 25.1 Å². The van der Waals surface area contributed by atoms with Crippen LogP contribution in [-0.4, -0.2) is 29.5 Å². The number of nitrogen functional groups attached to an aromatic ring is 1. The number of aromatic nitrogens is 2. The number of nitrogens with zero attached hydrogens (tertiary/aromatic N) is 2. The SMILES string of the molecule is CNC(=O)C(C)(C)CNc1nc(C2CC2)nc(N)c1C. The standard InChI is InChI=1S/C14H23N5O/c1-8-10(15)18-12(9-5-6-9)19-11(8)17-7-14(2,3)13(20)16-4/h9H,5-7H2,1-4H3,(H,16,20)(H3,15,17,18,19). The Labute approximate surface area is 119 Å². The molecular weight excluding hydrogens is 254 g/mol. The summed E-state index contributed by atoms with van der Waals surface area (Å²) in [6.07, 6.45) is 2.26. The third-order valence-electron chi connectivity index (χ3n) is 3.68. The highest BCUT2D eigenvalue weighted by molar-refractivity contribution is 5.82. The van der Waals surface area contributed by atoms with Gasteiger partial charge in [0.1, 0.15) is 17.5 Å². The fourth-order valence-electron chi connectivity index (χ4n) is 1.97. The molecule has 1 heterocycles. The fourth-order valence-corrected chi connectivity index (χ4v) is 1.97. The van der Waals surface area contributed by atoms with Crippen molar-refractivity contribution in [3.63, 3.8) is 0 Å². The lowest BCUT2D eigenvalue weighted by atomic mass is 9.92. The van der Waals surface area contributed by atoms with Gasteiger partial charge >= 0.3 is 0 Å². The molecule has 0 radical (unpaired) electrons. The summed E-state index contributed by atoms with van der Waals surface area (Å²) in [6, 6.07) is 0. The zero-order valence-electron chi connectivity index (χ0n) is 12.6. The molecule has 0 aromatic carbocycles. The van der Waals surface area contributed by atoms with Gasteiger partial charge in [-0.25, -0.2) is 9.97 Å². The molecular formula is C14H23N5O. The summed E-state index contributed by atoms with van der Waals surface area (Å²) in [5, 5.41) is 5.91. The molecule has 2 rings (SSSR count). The zero-order valence-corrected chi connectivity index (χ0v) is 12.6. The second-order valence-electron chi connectivity index (χ2n) is 6.03. The third kappa shape index (κ3) is 3.00. The van der Waals surface area contributed by atoms with Crippen LogP contribution >= 0.6 is 0 Å². The fraction of sp³-hybridized carbons (Fsp3) is 0.643. The van der Waals surface area contributed by atoms with Crippen molar-refractivity contribution < 1.29 is 4.79 Å². The predicted octanol–water partition coefficient (Wildman–Crippen LogP) is 1.43. The number of carbonyl (C=O) groups excluding carboxylic acids is 1. The number of rotatable bonds is 5. The van der Waals surface area contributed by atoms with E-state index in [-0.39, 0.29) is 5.91 Å². The van der Waals surface area contributed by atoms with Gasteiger partial charge in [-0.1, -0.05) is 0 Å². The molecule has 6 heteroatoms. The van der Waals surface area contributed by atoms with E-state index in [1.54, 1.807) is 7.05 Å². The molecule has 110 valence electrons. The molecule has 0 unspecified atom stereocenters. The van der Waals surface area contributed by atoms with Crippen LogP contribution < -0.4 is 16.4 Å². The Morgan fingerprint density at radius 1 is 1.40 bits per heavy atom. The molecule has 1 saturated carbocycles. The lowest BCUT2D eigenvalue weighted by Crippen LogP contribution is -2.39. The molecule has 0 atom stereocenters. The average molecular weight is 277 g/mol. The molecule has 20 heavy (non-hydrogen) atoms. The number of nitrogens with one attached hydrogen (secondary N) is 2. The summed E-state index contributed by atoms with van der Waals surface area (Å²) in [4.78, 5) is 20.7. The van der Waals surface area contributed by atoms with E-state index >= 15 is 0 Å². The van der Waals surface area contributed by atoms with E-state index in [0.717, 1.165) is 30.0 Å². The molecule has 1 amide bonds. The Kier molecular flexibility index (Phi) is 3.83. The first-order valence-corrected chi connectivity index (χ1v) is 6.95. The van der Waals surface area contributed by atoms with Crippen molar-refractivity contribution in [3.05, 3.63) is 11.4 Å². The van der Waals surface area contributed by atoms with Gasteiger partial charge in [0.05, 0.1) is 5.41 Å². The van der Waals surface area contributed by atoms with Gasteiger partial charge < -0.3 is 16.4 Å². The van der Waals surface area contributed by atoms with Crippen molar-refractivity contribution in [1.82, 2.24) is 15.3 Å². The van der Waals surface area contributed by atoms with Gasteiger partial charge in [0.2, 0.25) is 5.91 Å². The van der Waals surface area contributed by atoms with Gasteiger partial charge in [-0.05, 0) is 33.6 Å². The van der Waals surface area contributed by atoms with Crippen molar-refractivity contribution >= 4 is 17.5 Å². The van der Waals surface area contributed by atoms with Crippen molar-refractivity contribution in [2.24, 2.45) is 5.41 Å². The van der Waals surface area contributed by atoms with Gasteiger partial charge in [-0.3, -0.25) is 4.79 Å². The number of carbonyl (C=O) groups is 1.